The molecule has 0 aromatic carbocycles. The molecule has 0 aliphatic heterocycles. The van der Waals surface area contributed by atoms with E-state index in [1.807, 2.05) is 11.4 Å². The Bertz CT molecular complexity index is 620. The van der Waals surface area contributed by atoms with Crippen LogP contribution in [0.5, 0.6) is 0 Å². The SMILES string of the molecule is O=C(O)CC1(Nc2ncnc3sccc23)CCCCC1. The van der Waals surface area contributed by atoms with Gasteiger partial charge in [-0.1, -0.05) is 19.3 Å². The maximum absolute atomic E-state index is 11.2. The Morgan fingerprint density at radius 2 is 2.15 bits per heavy atom. The molecule has 106 valence electrons. The normalized spacial score (nSPS) is 18.0. The number of anilines is 1. The van der Waals surface area contributed by atoms with Gasteiger partial charge in [0.15, 0.2) is 0 Å². The van der Waals surface area contributed by atoms with Crippen LogP contribution in [0.2, 0.25) is 0 Å². The summed E-state index contributed by atoms with van der Waals surface area (Å²) in [4.78, 5) is 20.7. The zero-order chi connectivity index (χ0) is 14.0. The van der Waals surface area contributed by atoms with Crippen LogP contribution in [-0.2, 0) is 4.79 Å². The predicted molar refractivity (Wildman–Crippen MR) is 79.1 cm³/mol. The lowest BCUT2D eigenvalue weighted by atomic mass is 9.79. The molecule has 0 radical (unpaired) electrons. The van der Waals surface area contributed by atoms with Crippen molar-refractivity contribution >= 4 is 33.3 Å². The molecule has 1 aliphatic carbocycles. The second-order valence-electron chi connectivity index (χ2n) is 5.40. The summed E-state index contributed by atoms with van der Waals surface area (Å²) in [5.74, 6) is 0.00872. The summed E-state index contributed by atoms with van der Waals surface area (Å²) in [6, 6.07) is 1.99. The Morgan fingerprint density at radius 1 is 1.35 bits per heavy atom. The number of hydrogen-bond donors (Lipinski definition) is 2. The topological polar surface area (TPSA) is 75.1 Å². The Kier molecular flexibility index (Phi) is 3.56. The first kappa shape index (κ1) is 13.3. The van der Waals surface area contributed by atoms with Crippen LogP contribution in [0.25, 0.3) is 10.2 Å². The standard InChI is InChI=1S/C14H17N3O2S/c18-11(19)8-14(5-2-1-3-6-14)17-12-10-4-7-20-13(10)16-9-15-12/h4,7,9H,1-3,5-6,8H2,(H,18,19)(H,15,16,17). The fourth-order valence-corrected chi connectivity index (χ4v) is 3.74. The van der Waals surface area contributed by atoms with Crippen LogP contribution in [0.1, 0.15) is 38.5 Å². The number of fused-ring (bicyclic) bond motifs is 1. The number of carboxylic acid groups (broad SMARTS) is 1. The molecule has 1 fully saturated rings. The van der Waals surface area contributed by atoms with Crippen LogP contribution in [0.15, 0.2) is 17.8 Å². The number of nitrogens with one attached hydrogen (secondary N) is 1. The largest absolute Gasteiger partial charge is 0.481 e. The lowest BCUT2D eigenvalue weighted by Gasteiger charge is -2.37. The molecule has 0 saturated heterocycles. The van der Waals surface area contributed by atoms with Crippen molar-refractivity contribution in [3.63, 3.8) is 0 Å². The van der Waals surface area contributed by atoms with Gasteiger partial charge in [-0.15, -0.1) is 11.3 Å². The van der Waals surface area contributed by atoms with E-state index in [9.17, 15) is 9.90 Å². The van der Waals surface area contributed by atoms with E-state index < -0.39 is 5.97 Å². The van der Waals surface area contributed by atoms with Crippen molar-refractivity contribution in [3.05, 3.63) is 17.8 Å². The zero-order valence-corrected chi connectivity index (χ0v) is 11.9. The van der Waals surface area contributed by atoms with Gasteiger partial charge < -0.3 is 10.4 Å². The van der Waals surface area contributed by atoms with E-state index in [1.165, 1.54) is 6.42 Å². The Labute approximate surface area is 121 Å². The third-order valence-electron chi connectivity index (χ3n) is 3.95. The maximum Gasteiger partial charge on any atom is 0.305 e. The molecule has 0 spiro atoms. The van der Waals surface area contributed by atoms with Gasteiger partial charge in [0, 0.05) is 5.54 Å². The number of carbonyl (C=O) groups is 1. The van der Waals surface area contributed by atoms with Crippen molar-refractivity contribution in [1.82, 2.24) is 9.97 Å². The monoisotopic (exact) mass is 291 g/mol. The minimum atomic E-state index is -0.755. The molecule has 1 aliphatic rings. The summed E-state index contributed by atoms with van der Waals surface area (Å²) in [6.45, 7) is 0. The fraction of sp³-hybridized carbons (Fsp3) is 0.500. The van der Waals surface area contributed by atoms with E-state index in [4.69, 9.17) is 0 Å². The van der Waals surface area contributed by atoms with Crippen LogP contribution in [0.3, 0.4) is 0 Å². The number of nitrogens with zero attached hydrogens (tertiary/aromatic N) is 2. The van der Waals surface area contributed by atoms with Crippen molar-refractivity contribution in [3.8, 4) is 0 Å². The highest BCUT2D eigenvalue weighted by Crippen LogP contribution is 2.36. The molecule has 0 amide bonds. The third-order valence-corrected chi connectivity index (χ3v) is 4.77. The number of carboxylic acids is 1. The van der Waals surface area contributed by atoms with E-state index in [2.05, 4.69) is 15.3 Å². The Balaban J connectivity index is 1.92. The van der Waals surface area contributed by atoms with Gasteiger partial charge in [0.1, 0.15) is 17.0 Å². The highest BCUT2D eigenvalue weighted by Gasteiger charge is 2.35. The molecule has 2 aromatic rings. The number of rotatable bonds is 4. The van der Waals surface area contributed by atoms with Crippen LogP contribution in [0, 0.1) is 0 Å². The van der Waals surface area contributed by atoms with Crippen LogP contribution in [0.4, 0.5) is 5.82 Å². The summed E-state index contributed by atoms with van der Waals surface area (Å²) < 4.78 is 0. The first-order chi connectivity index (χ1) is 9.69. The lowest BCUT2D eigenvalue weighted by Crippen LogP contribution is -2.42. The highest BCUT2D eigenvalue weighted by molar-refractivity contribution is 7.16. The summed E-state index contributed by atoms with van der Waals surface area (Å²) >= 11 is 1.57. The van der Waals surface area contributed by atoms with Crippen molar-refractivity contribution in [1.29, 1.82) is 0 Å². The second kappa shape index (κ2) is 5.36. The molecule has 20 heavy (non-hydrogen) atoms. The average molecular weight is 291 g/mol. The summed E-state index contributed by atoms with van der Waals surface area (Å²) in [6.07, 6.45) is 6.77. The van der Waals surface area contributed by atoms with Gasteiger partial charge in [0.05, 0.1) is 11.8 Å². The van der Waals surface area contributed by atoms with Gasteiger partial charge in [0.2, 0.25) is 0 Å². The number of hydrogen-bond acceptors (Lipinski definition) is 5. The van der Waals surface area contributed by atoms with Crippen molar-refractivity contribution in [2.45, 2.75) is 44.1 Å². The molecule has 0 bridgehead atoms. The molecule has 1 saturated carbocycles. The van der Waals surface area contributed by atoms with Gasteiger partial charge in [-0.3, -0.25) is 4.79 Å². The van der Waals surface area contributed by atoms with Crippen molar-refractivity contribution in [2.75, 3.05) is 5.32 Å². The fourth-order valence-electron chi connectivity index (χ4n) is 3.00. The lowest BCUT2D eigenvalue weighted by molar-refractivity contribution is -0.138. The van der Waals surface area contributed by atoms with E-state index in [0.717, 1.165) is 41.7 Å². The van der Waals surface area contributed by atoms with Gasteiger partial charge in [-0.05, 0) is 24.3 Å². The molecule has 6 heteroatoms. The molecule has 0 atom stereocenters. The molecule has 2 N–H and O–H groups in total. The number of aliphatic carboxylic acids is 1. The second-order valence-corrected chi connectivity index (χ2v) is 6.29. The predicted octanol–water partition coefficient (Wildman–Crippen LogP) is 3.28. The third kappa shape index (κ3) is 2.60. The molecule has 5 nitrogen and oxygen atoms in total. The summed E-state index contributed by atoms with van der Waals surface area (Å²) in [7, 11) is 0. The first-order valence-electron chi connectivity index (χ1n) is 6.87. The molecule has 0 unspecified atom stereocenters. The summed E-state index contributed by atoms with van der Waals surface area (Å²) in [5.41, 5.74) is -0.368. The quantitative estimate of drug-likeness (QED) is 0.904. The van der Waals surface area contributed by atoms with Gasteiger partial charge in [-0.2, -0.15) is 0 Å². The number of aromatic nitrogens is 2. The van der Waals surface area contributed by atoms with E-state index in [0.29, 0.717) is 0 Å². The number of thiophene rings is 1. The van der Waals surface area contributed by atoms with Crippen molar-refractivity contribution in [2.24, 2.45) is 0 Å². The average Bonchev–Trinajstić information content (AvgIpc) is 2.88. The van der Waals surface area contributed by atoms with Gasteiger partial charge in [-0.25, -0.2) is 9.97 Å². The van der Waals surface area contributed by atoms with Crippen LogP contribution >= 0.6 is 11.3 Å². The molecular formula is C14H17N3O2S. The zero-order valence-electron chi connectivity index (χ0n) is 11.1. The smallest absolute Gasteiger partial charge is 0.305 e. The van der Waals surface area contributed by atoms with E-state index in [1.54, 1.807) is 17.7 Å². The van der Waals surface area contributed by atoms with E-state index in [-0.39, 0.29) is 12.0 Å². The first-order valence-corrected chi connectivity index (χ1v) is 7.75. The molecular weight excluding hydrogens is 274 g/mol. The van der Waals surface area contributed by atoms with E-state index >= 15 is 0 Å². The Morgan fingerprint density at radius 3 is 2.90 bits per heavy atom. The van der Waals surface area contributed by atoms with Gasteiger partial charge in [0.25, 0.3) is 0 Å². The minimum Gasteiger partial charge on any atom is -0.481 e. The van der Waals surface area contributed by atoms with Crippen LogP contribution in [-0.4, -0.2) is 26.6 Å². The van der Waals surface area contributed by atoms with Crippen LogP contribution < -0.4 is 5.32 Å². The Hall–Kier alpha value is -1.69. The van der Waals surface area contributed by atoms with Crippen molar-refractivity contribution < 1.29 is 9.90 Å². The molecule has 2 heterocycles. The minimum absolute atomic E-state index is 0.142. The molecule has 2 aromatic heterocycles. The maximum atomic E-state index is 11.2. The highest BCUT2D eigenvalue weighted by atomic mass is 32.1. The van der Waals surface area contributed by atoms with Gasteiger partial charge >= 0.3 is 5.97 Å². The summed E-state index contributed by atoms with van der Waals surface area (Å²) in [5, 5.41) is 15.6. The molecule has 3 rings (SSSR count).